The van der Waals surface area contributed by atoms with E-state index in [0.29, 0.717) is 5.56 Å². The SMILES string of the molecule is O=C(OC1CCCCC1)c1ccc(CCc2ccccc2)cc1. The van der Waals surface area contributed by atoms with Crippen LogP contribution in [-0.2, 0) is 17.6 Å². The predicted octanol–water partition coefficient (Wildman–Crippen LogP) is 4.96. The predicted molar refractivity (Wildman–Crippen MR) is 92.6 cm³/mol. The van der Waals surface area contributed by atoms with Crippen LogP contribution in [-0.4, -0.2) is 12.1 Å². The molecule has 2 aromatic rings. The van der Waals surface area contributed by atoms with Crippen LogP contribution in [0, 0.1) is 0 Å². The quantitative estimate of drug-likeness (QED) is 0.730. The maximum Gasteiger partial charge on any atom is 0.338 e. The van der Waals surface area contributed by atoms with Gasteiger partial charge in [0, 0.05) is 0 Å². The minimum Gasteiger partial charge on any atom is -0.459 e. The van der Waals surface area contributed by atoms with Gasteiger partial charge in [0.15, 0.2) is 0 Å². The third-order valence-electron chi connectivity index (χ3n) is 4.56. The van der Waals surface area contributed by atoms with Crippen LogP contribution in [0.4, 0.5) is 0 Å². The molecule has 0 spiro atoms. The Bertz CT molecular complexity index is 610. The third-order valence-corrected chi connectivity index (χ3v) is 4.56. The molecule has 23 heavy (non-hydrogen) atoms. The summed E-state index contributed by atoms with van der Waals surface area (Å²) in [5, 5.41) is 0. The summed E-state index contributed by atoms with van der Waals surface area (Å²) >= 11 is 0. The van der Waals surface area contributed by atoms with Crippen molar-refractivity contribution in [2.24, 2.45) is 0 Å². The molecule has 0 saturated heterocycles. The lowest BCUT2D eigenvalue weighted by atomic mass is 9.98. The van der Waals surface area contributed by atoms with Crippen LogP contribution >= 0.6 is 0 Å². The molecule has 3 rings (SSSR count). The fourth-order valence-corrected chi connectivity index (χ4v) is 3.14. The van der Waals surface area contributed by atoms with Gasteiger partial charge in [0.1, 0.15) is 6.10 Å². The van der Waals surface area contributed by atoms with Crippen molar-refractivity contribution in [2.45, 2.75) is 51.0 Å². The van der Waals surface area contributed by atoms with Gasteiger partial charge in [-0.1, -0.05) is 48.9 Å². The van der Waals surface area contributed by atoms with Crippen molar-refractivity contribution in [3.63, 3.8) is 0 Å². The van der Waals surface area contributed by atoms with Crippen LogP contribution in [0.5, 0.6) is 0 Å². The molecule has 0 heterocycles. The molecule has 0 atom stereocenters. The van der Waals surface area contributed by atoms with Gasteiger partial charge in [-0.05, 0) is 61.8 Å². The molecule has 0 amide bonds. The minimum absolute atomic E-state index is 0.119. The molecular formula is C21H24O2. The van der Waals surface area contributed by atoms with E-state index >= 15 is 0 Å². The highest BCUT2D eigenvalue weighted by molar-refractivity contribution is 5.89. The first kappa shape index (κ1) is 15.8. The minimum atomic E-state index is -0.175. The summed E-state index contributed by atoms with van der Waals surface area (Å²) in [6.45, 7) is 0. The molecule has 0 unspecified atom stereocenters. The van der Waals surface area contributed by atoms with Gasteiger partial charge < -0.3 is 4.74 Å². The number of hydrogen-bond acceptors (Lipinski definition) is 2. The first-order valence-corrected chi connectivity index (χ1v) is 8.65. The molecule has 2 aromatic carbocycles. The van der Waals surface area contributed by atoms with Crippen molar-refractivity contribution in [3.8, 4) is 0 Å². The molecule has 120 valence electrons. The highest BCUT2D eigenvalue weighted by Gasteiger charge is 2.18. The summed E-state index contributed by atoms with van der Waals surface area (Å²) in [7, 11) is 0. The number of carbonyl (C=O) groups is 1. The molecule has 0 aliphatic heterocycles. The summed E-state index contributed by atoms with van der Waals surface area (Å²) in [4.78, 5) is 12.2. The van der Waals surface area contributed by atoms with Gasteiger partial charge in [-0.25, -0.2) is 4.79 Å². The summed E-state index contributed by atoms with van der Waals surface area (Å²) in [6, 6.07) is 18.3. The Hall–Kier alpha value is -2.09. The van der Waals surface area contributed by atoms with Crippen molar-refractivity contribution >= 4 is 5.97 Å². The van der Waals surface area contributed by atoms with Gasteiger partial charge in [-0.15, -0.1) is 0 Å². The summed E-state index contributed by atoms with van der Waals surface area (Å²) in [5.74, 6) is -0.175. The molecule has 1 aliphatic rings. The van der Waals surface area contributed by atoms with E-state index < -0.39 is 0 Å². The Balaban J connectivity index is 1.52. The maximum absolute atomic E-state index is 12.2. The topological polar surface area (TPSA) is 26.3 Å². The number of hydrogen-bond donors (Lipinski definition) is 0. The number of rotatable bonds is 5. The Morgan fingerprint density at radius 3 is 2.09 bits per heavy atom. The van der Waals surface area contributed by atoms with Crippen molar-refractivity contribution in [1.29, 1.82) is 0 Å². The van der Waals surface area contributed by atoms with E-state index in [4.69, 9.17) is 4.74 Å². The Labute approximate surface area is 138 Å². The summed E-state index contributed by atoms with van der Waals surface area (Å²) < 4.78 is 5.61. The maximum atomic E-state index is 12.2. The molecule has 2 heteroatoms. The fourth-order valence-electron chi connectivity index (χ4n) is 3.14. The molecule has 1 aliphatic carbocycles. The second-order valence-corrected chi connectivity index (χ2v) is 6.35. The lowest BCUT2D eigenvalue weighted by Crippen LogP contribution is -2.20. The van der Waals surface area contributed by atoms with E-state index in [-0.39, 0.29) is 12.1 Å². The van der Waals surface area contributed by atoms with Crippen molar-refractivity contribution < 1.29 is 9.53 Å². The van der Waals surface area contributed by atoms with Gasteiger partial charge in [0.2, 0.25) is 0 Å². The molecule has 0 N–H and O–H groups in total. The molecular weight excluding hydrogens is 284 g/mol. The Morgan fingerprint density at radius 2 is 1.43 bits per heavy atom. The number of aryl methyl sites for hydroxylation is 2. The lowest BCUT2D eigenvalue weighted by Gasteiger charge is -2.21. The van der Waals surface area contributed by atoms with E-state index in [1.165, 1.54) is 30.4 Å². The van der Waals surface area contributed by atoms with Crippen molar-refractivity contribution in [1.82, 2.24) is 0 Å². The van der Waals surface area contributed by atoms with E-state index in [0.717, 1.165) is 25.7 Å². The van der Waals surface area contributed by atoms with Gasteiger partial charge in [-0.3, -0.25) is 0 Å². The smallest absolute Gasteiger partial charge is 0.338 e. The number of benzene rings is 2. The molecule has 0 aromatic heterocycles. The lowest BCUT2D eigenvalue weighted by molar-refractivity contribution is 0.0211. The zero-order chi connectivity index (χ0) is 15.9. The average molecular weight is 308 g/mol. The second-order valence-electron chi connectivity index (χ2n) is 6.35. The number of esters is 1. The number of ether oxygens (including phenoxy) is 1. The van der Waals surface area contributed by atoms with Crippen molar-refractivity contribution in [3.05, 3.63) is 71.3 Å². The van der Waals surface area contributed by atoms with Gasteiger partial charge in [0.05, 0.1) is 5.56 Å². The Kier molecular flexibility index (Phi) is 5.46. The zero-order valence-electron chi connectivity index (χ0n) is 13.5. The third kappa shape index (κ3) is 4.69. The Morgan fingerprint density at radius 1 is 0.826 bits per heavy atom. The summed E-state index contributed by atoms with van der Waals surface area (Å²) in [5.41, 5.74) is 3.26. The monoisotopic (exact) mass is 308 g/mol. The summed E-state index contributed by atoms with van der Waals surface area (Å²) in [6.07, 6.45) is 7.78. The fraction of sp³-hybridized carbons (Fsp3) is 0.381. The van der Waals surface area contributed by atoms with Gasteiger partial charge in [-0.2, -0.15) is 0 Å². The van der Waals surface area contributed by atoms with Gasteiger partial charge >= 0.3 is 5.97 Å². The van der Waals surface area contributed by atoms with Crippen LogP contribution in [0.3, 0.4) is 0 Å². The first-order valence-electron chi connectivity index (χ1n) is 8.65. The molecule has 1 fully saturated rings. The van der Waals surface area contributed by atoms with Crippen LogP contribution < -0.4 is 0 Å². The normalized spacial score (nSPS) is 15.3. The van der Waals surface area contributed by atoms with E-state index in [2.05, 4.69) is 24.3 Å². The van der Waals surface area contributed by atoms with Crippen molar-refractivity contribution in [2.75, 3.05) is 0 Å². The molecule has 0 bridgehead atoms. The highest BCUT2D eigenvalue weighted by atomic mass is 16.5. The first-order chi connectivity index (χ1) is 11.3. The molecule has 2 nitrogen and oxygen atoms in total. The average Bonchev–Trinajstić information content (AvgIpc) is 2.62. The molecule has 0 radical (unpaired) electrons. The largest absolute Gasteiger partial charge is 0.459 e. The highest BCUT2D eigenvalue weighted by Crippen LogP contribution is 2.21. The van der Waals surface area contributed by atoms with Gasteiger partial charge in [0.25, 0.3) is 0 Å². The molecule has 1 saturated carbocycles. The zero-order valence-corrected chi connectivity index (χ0v) is 13.5. The van der Waals surface area contributed by atoms with Crippen LogP contribution in [0.25, 0.3) is 0 Å². The van der Waals surface area contributed by atoms with Crippen LogP contribution in [0.2, 0.25) is 0 Å². The van der Waals surface area contributed by atoms with E-state index in [1.54, 1.807) is 0 Å². The van der Waals surface area contributed by atoms with Crippen LogP contribution in [0.15, 0.2) is 54.6 Å². The second kappa shape index (κ2) is 7.96. The number of carbonyl (C=O) groups excluding carboxylic acids is 1. The van der Waals surface area contributed by atoms with E-state index in [1.807, 2.05) is 30.3 Å². The van der Waals surface area contributed by atoms with Crippen LogP contribution in [0.1, 0.15) is 53.6 Å². The van der Waals surface area contributed by atoms with E-state index in [9.17, 15) is 4.79 Å². The standard InChI is InChI=1S/C21H24O2/c22-21(23-20-9-5-2-6-10-20)19-15-13-18(14-16-19)12-11-17-7-3-1-4-8-17/h1,3-4,7-8,13-16,20H,2,5-6,9-12H2.